The Hall–Kier alpha value is 15.0. The third kappa shape index (κ3) is 49.3. The van der Waals surface area contributed by atoms with Gasteiger partial charge in [0.2, 0.25) is 5.79 Å². The molecule has 0 atom stereocenters. The van der Waals surface area contributed by atoms with E-state index in [0.717, 1.165) is 0 Å². The van der Waals surface area contributed by atoms with E-state index in [1.54, 1.807) is 0 Å². The van der Waals surface area contributed by atoms with Crippen LogP contribution in [0.4, 0.5) is 0 Å². The van der Waals surface area contributed by atoms with Gasteiger partial charge in [-0.15, -0.1) is 0 Å². The molecular formula is C3H6O4Rb8S2+6. The van der Waals surface area contributed by atoms with Crippen LogP contribution in [0.2, 0.25) is 0 Å². The smallest absolute Gasteiger partial charge is 0.582 e. The summed E-state index contributed by atoms with van der Waals surface area (Å²) in [4.78, 5) is 8.74. The fourth-order valence-electron chi connectivity index (χ4n) is 0.178. The van der Waals surface area contributed by atoms with Crippen LogP contribution in [0, 0.1) is 0 Å². The molecule has 0 spiro atoms. The summed E-state index contributed by atoms with van der Waals surface area (Å²) in [5.74, 6) is -1.05. The van der Waals surface area contributed by atoms with Crippen LogP contribution in [0.25, 0.3) is 0 Å². The molecule has 4 nitrogen and oxygen atoms in total. The molecule has 0 aromatic rings. The SMILES string of the molecule is CC(C)(OO[S-])OO[S-].[Rb+].[Rb+].[Rb+].[Rb+].[Rb+].[Rb+].[Rb+].[Rb+]. The van der Waals surface area contributed by atoms with Crippen molar-refractivity contribution in [1.82, 2.24) is 0 Å². The van der Waals surface area contributed by atoms with Gasteiger partial charge < -0.3 is 34.5 Å². The van der Waals surface area contributed by atoms with E-state index in [1.807, 2.05) is 0 Å². The third-order valence-electron chi connectivity index (χ3n) is 0.469. The largest absolute Gasteiger partial charge is 1.00 e. The average Bonchev–Trinajstić information content (AvgIpc) is 1.64. The third-order valence-corrected chi connectivity index (χ3v) is 0.605. The molecule has 0 aliphatic carbocycles. The zero-order chi connectivity index (χ0) is 7.33. The molecule has 0 aromatic carbocycles. The van der Waals surface area contributed by atoms with Gasteiger partial charge in [0.05, 0.1) is 0 Å². The molecule has 0 fully saturated rings. The van der Waals surface area contributed by atoms with Crippen molar-refractivity contribution >= 4 is 25.8 Å². The van der Waals surface area contributed by atoms with Crippen molar-refractivity contribution in [1.29, 1.82) is 0 Å². The van der Waals surface area contributed by atoms with Gasteiger partial charge in [-0.1, -0.05) is 0 Å². The molecule has 0 aliphatic heterocycles. The van der Waals surface area contributed by atoms with Crippen molar-refractivity contribution in [3.05, 3.63) is 0 Å². The minimum absolute atomic E-state index is 0. The maximum Gasteiger partial charge on any atom is 1.00 e. The Kier molecular flexibility index (Phi) is 153. The second kappa shape index (κ2) is 44.6. The predicted octanol–water partition coefficient (Wildman–Crippen LogP) is -23.4. The molecular weight excluding hydrogens is 848 g/mol. The number of hydrogen-bond acceptors (Lipinski definition) is 6. The summed E-state index contributed by atoms with van der Waals surface area (Å²) in [6, 6.07) is 0. The van der Waals surface area contributed by atoms with E-state index in [-0.39, 0.29) is 465 Å². The van der Waals surface area contributed by atoms with Crippen LogP contribution in [0.1, 0.15) is 13.8 Å². The fourth-order valence-corrected chi connectivity index (χ4v) is 0.505. The van der Waals surface area contributed by atoms with Crippen LogP contribution in [0.15, 0.2) is 0 Å². The molecule has 0 aromatic heterocycles. The minimum atomic E-state index is -1.05. The zero-order valence-electron chi connectivity index (χ0n) is 12.9. The minimum Gasteiger partial charge on any atom is -0.582 e. The molecule has 0 unspecified atom stereocenters. The second-order valence-electron chi connectivity index (χ2n) is 1.70. The second-order valence-corrected chi connectivity index (χ2v) is 1.97. The summed E-state index contributed by atoms with van der Waals surface area (Å²) < 4.78 is 7.78. The van der Waals surface area contributed by atoms with Gasteiger partial charge in [-0.2, -0.15) is 0 Å². The van der Waals surface area contributed by atoms with Gasteiger partial charge in [-0.25, -0.2) is 9.78 Å². The van der Waals surface area contributed by atoms with Crippen LogP contribution in [0.3, 0.4) is 0 Å². The molecule has 0 aliphatic rings. The molecule has 0 radical (unpaired) electrons. The normalized spacial score (nSPS) is 6.35. The van der Waals surface area contributed by atoms with E-state index < -0.39 is 5.79 Å². The summed E-state index contributed by atoms with van der Waals surface area (Å²) >= 11 is 8.05. The molecule has 0 rings (SSSR count). The maximum atomic E-state index is 4.37. The van der Waals surface area contributed by atoms with E-state index >= 15 is 0 Å². The van der Waals surface area contributed by atoms with E-state index in [9.17, 15) is 0 Å². The van der Waals surface area contributed by atoms with Gasteiger partial charge in [-0.3, -0.25) is 0 Å². The van der Waals surface area contributed by atoms with Gasteiger partial charge >= 0.3 is 465 Å². The Morgan fingerprint density at radius 2 is 0.765 bits per heavy atom. The monoisotopic (exact) mass is 849 g/mol. The topological polar surface area (TPSA) is 36.9 Å². The molecule has 0 saturated carbocycles. The fraction of sp³-hybridized carbons (Fsp3) is 1.00. The van der Waals surface area contributed by atoms with Crippen LogP contribution in [0.5, 0.6) is 0 Å². The first-order chi connectivity index (χ1) is 4.12. The van der Waals surface area contributed by atoms with E-state index in [2.05, 4.69) is 44.3 Å². The Morgan fingerprint density at radius 1 is 0.588 bits per heavy atom. The zero-order valence-corrected chi connectivity index (χ0v) is 53.9. The molecule has 0 bridgehead atoms. The summed E-state index contributed by atoms with van der Waals surface area (Å²) in [6.45, 7) is 3.07. The van der Waals surface area contributed by atoms with Crippen molar-refractivity contribution in [2.24, 2.45) is 0 Å². The standard InChI is InChI=1S/C3H8O4S2.8Rb/c1-3(2,4-6-8)5-7-9;;;;;;;;/h8-9H,1-2H3;;;;;;;;/q;8*+1/p-2. The van der Waals surface area contributed by atoms with Gasteiger partial charge in [0, 0.05) is 0 Å². The van der Waals surface area contributed by atoms with Gasteiger partial charge in [-0.05, 0) is 13.8 Å². The summed E-state index contributed by atoms with van der Waals surface area (Å²) in [7, 11) is 0. The van der Waals surface area contributed by atoms with Gasteiger partial charge in [0.25, 0.3) is 0 Å². The summed E-state index contributed by atoms with van der Waals surface area (Å²) in [6.07, 6.45) is 0. The molecule has 0 heterocycles. The number of rotatable bonds is 4. The Balaban J connectivity index is -0.0000000114. The molecule has 0 N–H and O–H groups in total. The van der Waals surface area contributed by atoms with E-state index in [1.165, 1.54) is 13.8 Å². The Bertz CT molecular complexity index is 85.2. The van der Waals surface area contributed by atoms with Crippen molar-refractivity contribution in [3.8, 4) is 0 Å². The number of hydrogen-bond donors (Lipinski definition) is 0. The first-order valence-corrected chi connectivity index (χ1v) is 2.74. The molecule has 17 heavy (non-hydrogen) atoms. The quantitative estimate of drug-likeness (QED) is 0.121. The van der Waals surface area contributed by atoms with E-state index in [4.69, 9.17) is 0 Å². The van der Waals surface area contributed by atoms with Crippen LogP contribution in [-0.4, -0.2) is 5.79 Å². The summed E-state index contributed by atoms with van der Waals surface area (Å²) in [5, 5.41) is 0. The first-order valence-electron chi connectivity index (χ1n) is 2.07. The molecule has 14 heteroatoms. The van der Waals surface area contributed by atoms with Crippen LogP contribution >= 0.6 is 0 Å². The van der Waals surface area contributed by atoms with Crippen molar-refractivity contribution < 1.29 is 484 Å². The maximum absolute atomic E-state index is 4.37. The summed E-state index contributed by atoms with van der Waals surface area (Å²) in [5.41, 5.74) is 0. The average molecular weight is 854 g/mol. The molecule has 0 amide bonds. The van der Waals surface area contributed by atoms with Crippen molar-refractivity contribution in [2.45, 2.75) is 19.6 Å². The van der Waals surface area contributed by atoms with Crippen LogP contribution in [-0.2, 0) is 44.3 Å². The first kappa shape index (κ1) is 58.1. The molecule has 56 valence electrons. The van der Waals surface area contributed by atoms with Gasteiger partial charge in [0.15, 0.2) is 0 Å². The van der Waals surface area contributed by atoms with Gasteiger partial charge in [0.1, 0.15) is 0 Å². The van der Waals surface area contributed by atoms with E-state index in [0.29, 0.717) is 0 Å². The predicted molar refractivity (Wildman–Crippen MR) is 33.1 cm³/mol. The Morgan fingerprint density at radius 3 is 0.882 bits per heavy atom. The van der Waals surface area contributed by atoms with Crippen LogP contribution < -0.4 is 465 Å². The van der Waals surface area contributed by atoms with Crippen molar-refractivity contribution in [3.63, 3.8) is 0 Å². The van der Waals surface area contributed by atoms with Crippen molar-refractivity contribution in [2.75, 3.05) is 0 Å². The molecule has 0 saturated heterocycles. The Labute approximate surface area is 507 Å².